The fourth-order valence-corrected chi connectivity index (χ4v) is 3.23. The monoisotopic (exact) mass is 398 g/mol. The summed E-state index contributed by atoms with van der Waals surface area (Å²) in [5, 5.41) is 18.0. The van der Waals surface area contributed by atoms with Crippen LogP contribution >= 0.6 is 11.3 Å². The van der Waals surface area contributed by atoms with Crippen molar-refractivity contribution in [3.05, 3.63) is 11.6 Å². The smallest absolute Gasteiger partial charge is 0.249 e. The maximum atomic E-state index is 12.9. The molecule has 3 amide bonds. The lowest BCUT2D eigenvalue weighted by atomic mass is 9.84. The molecule has 0 aliphatic rings. The summed E-state index contributed by atoms with van der Waals surface area (Å²) in [5.41, 5.74) is -0.549. The third kappa shape index (κ3) is 6.91. The largest absolute Gasteiger partial charge is 0.343 e. The first kappa shape index (κ1) is 23.0. The molecule has 0 aliphatic carbocycles. The number of hydrogen-bond donors (Lipinski definition) is 3. The average Bonchev–Trinajstić information content (AvgIpc) is 3.07. The van der Waals surface area contributed by atoms with Crippen molar-refractivity contribution in [2.24, 2.45) is 17.3 Å². The van der Waals surface area contributed by atoms with Crippen molar-refractivity contribution in [1.82, 2.24) is 15.4 Å². The van der Waals surface area contributed by atoms with Gasteiger partial charge in [-0.05, 0) is 24.7 Å². The standard InChI is InChI=1S/C18H30N4O4S/c1-11(2)9-13(12(3)22(26)10-23)15(24)20-14(18(4,5)6)16(25)21-17-19-7-8-27-17/h7-8,10-14,26H,9H2,1-6H3,(H,20,24)(H,19,21,25)/t12-,13+,14+/m0/s1. The van der Waals surface area contributed by atoms with E-state index in [1.54, 1.807) is 18.5 Å². The molecule has 152 valence electrons. The Morgan fingerprint density at radius 2 is 1.93 bits per heavy atom. The van der Waals surface area contributed by atoms with Gasteiger partial charge in [0, 0.05) is 11.6 Å². The van der Waals surface area contributed by atoms with Crippen LogP contribution in [0.25, 0.3) is 0 Å². The van der Waals surface area contributed by atoms with E-state index < -0.39 is 23.4 Å². The molecular formula is C18H30N4O4S. The van der Waals surface area contributed by atoms with Crippen molar-refractivity contribution in [3.63, 3.8) is 0 Å². The molecule has 1 aromatic rings. The Balaban J connectivity index is 3.00. The van der Waals surface area contributed by atoms with Crippen LogP contribution in [0.15, 0.2) is 11.6 Å². The van der Waals surface area contributed by atoms with Crippen LogP contribution in [0.4, 0.5) is 5.13 Å². The number of nitrogens with one attached hydrogen (secondary N) is 2. The van der Waals surface area contributed by atoms with Crippen LogP contribution in [-0.2, 0) is 14.4 Å². The van der Waals surface area contributed by atoms with Gasteiger partial charge >= 0.3 is 0 Å². The molecule has 0 bridgehead atoms. The highest BCUT2D eigenvalue weighted by Crippen LogP contribution is 2.24. The first-order valence-corrected chi connectivity index (χ1v) is 9.78. The third-order valence-electron chi connectivity index (χ3n) is 4.25. The van der Waals surface area contributed by atoms with Gasteiger partial charge in [-0.25, -0.2) is 10.0 Å². The van der Waals surface area contributed by atoms with E-state index in [2.05, 4.69) is 15.6 Å². The van der Waals surface area contributed by atoms with Crippen molar-refractivity contribution >= 4 is 34.7 Å². The van der Waals surface area contributed by atoms with Crippen LogP contribution in [-0.4, -0.2) is 45.6 Å². The lowest BCUT2D eigenvalue weighted by Crippen LogP contribution is -2.55. The zero-order valence-electron chi connectivity index (χ0n) is 16.7. The predicted octanol–water partition coefficient (Wildman–Crippen LogP) is 2.51. The minimum absolute atomic E-state index is 0.167. The Kier molecular flexibility index (Phi) is 8.36. The van der Waals surface area contributed by atoms with Gasteiger partial charge < -0.3 is 10.6 Å². The molecule has 0 fully saturated rings. The summed E-state index contributed by atoms with van der Waals surface area (Å²) in [5.74, 6) is -1.23. The molecular weight excluding hydrogens is 368 g/mol. The maximum Gasteiger partial charge on any atom is 0.249 e. The minimum atomic E-state index is -0.806. The lowest BCUT2D eigenvalue weighted by Gasteiger charge is -2.34. The summed E-state index contributed by atoms with van der Waals surface area (Å²) >= 11 is 1.29. The zero-order chi connectivity index (χ0) is 20.8. The number of nitrogens with zero attached hydrogens (tertiary/aromatic N) is 2. The molecule has 3 atom stereocenters. The Bertz CT molecular complexity index is 628. The van der Waals surface area contributed by atoms with E-state index >= 15 is 0 Å². The second-order valence-corrected chi connectivity index (χ2v) is 8.99. The number of rotatable bonds is 9. The van der Waals surface area contributed by atoms with E-state index in [9.17, 15) is 19.6 Å². The summed E-state index contributed by atoms with van der Waals surface area (Å²) in [6.45, 7) is 11.1. The van der Waals surface area contributed by atoms with Crippen molar-refractivity contribution in [2.45, 2.75) is 60.0 Å². The quantitative estimate of drug-likeness (QED) is 0.336. The molecule has 0 radical (unpaired) electrons. The summed E-state index contributed by atoms with van der Waals surface area (Å²) in [4.78, 5) is 40.6. The molecule has 8 nitrogen and oxygen atoms in total. The highest BCUT2D eigenvalue weighted by Gasteiger charge is 2.37. The van der Waals surface area contributed by atoms with Crippen LogP contribution in [0, 0.1) is 17.3 Å². The molecule has 1 rings (SSSR count). The summed E-state index contributed by atoms with van der Waals surface area (Å²) in [7, 11) is 0. The first-order valence-electron chi connectivity index (χ1n) is 8.90. The summed E-state index contributed by atoms with van der Waals surface area (Å²) in [6.07, 6.45) is 2.32. The molecule has 1 heterocycles. The molecule has 3 N–H and O–H groups in total. The Hall–Kier alpha value is -2.00. The van der Waals surface area contributed by atoms with Crippen LogP contribution in [0.5, 0.6) is 0 Å². The van der Waals surface area contributed by atoms with Gasteiger partial charge in [0.05, 0.1) is 12.0 Å². The highest BCUT2D eigenvalue weighted by atomic mass is 32.1. The van der Waals surface area contributed by atoms with Crippen molar-refractivity contribution in [3.8, 4) is 0 Å². The molecule has 0 saturated heterocycles. The van der Waals surface area contributed by atoms with E-state index in [4.69, 9.17) is 0 Å². The van der Waals surface area contributed by atoms with Gasteiger partial charge in [0.2, 0.25) is 18.2 Å². The van der Waals surface area contributed by atoms with Crippen LogP contribution in [0.3, 0.4) is 0 Å². The number of hydrogen-bond acceptors (Lipinski definition) is 6. The normalized spacial score (nSPS) is 15.0. The van der Waals surface area contributed by atoms with E-state index in [-0.39, 0.29) is 24.1 Å². The maximum absolute atomic E-state index is 12.9. The summed E-state index contributed by atoms with van der Waals surface area (Å²) in [6, 6.07) is -1.52. The Morgan fingerprint density at radius 3 is 2.37 bits per heavy atom. The van der Waals surface area contributed by atoms with Gasteiger partial charge in [0.25, 0.3) is 0 Å². The molecule has 0 saturated carbocycles. The third-order valence-corrected chi connectivity index (χ3v) is 4.94. The molecule has 0 aliphatic heterocycles. The van der Waals surface area contributed by atoms with Crippen LogP contribution in [0.1, 0.15) is 48.0 Å². The zero-order valence-corrected chi connectivity index (χ0v) is 17.5. The minimum Gasteiger partial charge on any atom is -0.343 e. The van der Waals surface area contributed by atoms with Gasteiger partial charge in [0.1, 0.15) is 6.04 Å². The van der Waals surface area contributed by atoms with E-state index in [1.165, 1.54) is 11.3 Å². The highest BCUT2D eigenvalue weighted by molar-refractivity contribution is 7.13. The molecule has 0 aromatic carbocycles. The average molecular weight is 399 g/mol. The van der Waals surface area contributed by atoms with Crippen LogP contribution < -0.4 is 10.6 Å². The molecule has 9 heteroatoms. The van der Waals surface area contributed by atoms with Gasteiger partial charge in [-0.3, -0.25) is 19.6 Å². The fourth-order valence-electron chi connectivity index (χ4n) is 2.70. The molecule has 0 unspecified atom stereocenters. The Labute approximate surface area is 164 Å². The van der Waals surface area contributed by atoms with Crippen molar-refractivity contribution in [2.75, 3.05) is 5.32 Å². The second kappa shape index (κ2) is 9.80. The number of amides is 3. The number of carbonyl (C=O) groups is 3. The van der Waals surface area contributed by atoms with Gasteiger partial charge in [0.15, 0.2) is 5.13 Å². The van der Waals surface area contributed by atoms with E-state index in [0.717, 1.165) is 0 Å². The molecule has 27 heavy (non-hydrogen) atoms. The molecule has 1 aromatic heterocycles. The topological polar surface area (TPSA) is 112 Å². The Morgan fingerprint density at radius 1 is 1.30 bits per heavy atom. The second-order valence-electron chi connectivity index (χ2n) is 8.10. The number of hydroxylamine groups is 2. The van der Waals surface area contributed by atoms with E-state index in [0.29, 0.717) is 16.6 Å². The first-order chi connectivity index (χ1) is 12.5. The van der Waals surface area contributed by atoms with Gasteiger partial charge in [-0.15, -0.1) is 11.3 Å². The number of aromatic nitrogens is 1. The number of anilines is 1. The summed E-state index contributed by atoms with van der Waals surface area (Å²) < 4.78 is 0. The molecule has 0 spiro atoms. The van der Waals surface area contributed by atoms with Gasteiger partial charge in [-0.2, -0.15) is 0 Å². The lowest BCUT2D eigenvalue weighted by molar-refractivity contribution is -0.166. The van der Waals surface area contributed by atoms with Gasteiger partial charge in [-0.1, -0.05) is 34.6 Å². The SMILES string of the molecule is CC(C)C[C@@H](C(=O)N[C@H](C(=O)Nc1nccs1)C(C)(C)C)[C@H](C)N(O)C=O. The van der Waals surface area contributed by atoms with E-state index in [1.807, 2.05) is 34.6 Å². The number of thiazole rings is 1. The number of carbonyl (C=O) groups excluding carboxylic acids is 3. The van der Waals surface area contributed by atoms with Crippen molar-refractivity contribution in [1.29, 1.82) is 0 Å². The van der Waals surface area contributed by atoms with Crippen molar-refractivity contribution < 1.29 is 19.6 Å². The fraction of sp³-hybridized carbons (Fsp3) is 0.667. The van der Waals surface area contributed by atoms with Crippen LogP contribution in [0.2, 0.25) is 0 Å². The predicted molar refractivity (Wildman–Crippen MR) is 104 cm³/mol.